The van der Waals surface area contributed by atoms with Gasteiger partial charge in [-0.25, -0.2) is 4.79 Å². The first-order chi connectivity index (χ1) is 12.0. The van der Waals surface area contributed by atoms with Gasteiger partial charge in [-0.1, -0.05) is 28.1 Å². The van der Waals surface area contributed by atoms with Gasteiger partial charge in [-0.05, 0) is 36.8 Å². The van der Waals surface area contributed by atoms with E-state index in [-0.39, 0.29) is 5.76 Å². The van der Waals surface area contributed by atoms with Crippen molar-refractivity contribution < 1.29 is 18.7 Å². The molecule has 0 bridgehead atoms. The fourth-order valence-corrected chi connectivity index (χ4v) is 3.79. The number of benzene rings is 1. The fraction of sp³-hybridized carbons (Fsp3) is 0.111. The van der Waals surface area contributed by atoms with E-state index in [4.69, 9.17) is 9.15 Å². The van der Waals surface area contributed by atoms with E-state index in [0.717, 1.165) is 20.5 Å². The van der Waals surface area contributed by atoms with E-state index < -0.39 is 11.9 Å². The van der Waals surface area contributed by atoms with Gasteiger partial charge < -0.3 is 14.5 Å². The molecule has 2 aromatic heterocycles. The van der Waals surface area contributed by atoms with Crippen LogP contribution in [0.25, 0.3) is 11.1 Å². The van der Waals surface area contributed by atoms with E-state index in [0.29, 0.717) is 10.6 Å². The lowest BCUT2D eigenvalue weighted by molar-refractivity contribution is 0.0603. The molecule has 2 heterocycles. The number of carbonyl (C=O) groups is 2. The molecule has 5 nitrogen and oxygen atoms in total. The number of hydrogen-bond acceptors (Lipinski definition) is 5. The summed E-state index contributed by atoms with van der Waals surface area (Å²) in [4.78, 5) is 25.6. The van der Waals surface area contributed by atoms with Gasteiger partial charge in [0, 0.05) is 14.9 Å². The average Bonchev–Trinajstić information content (AvgIpc) is 3.23. The molecule has 7 heteroatoms. The van der Waals surface area contributed by atoms with Crippen molar-refractivity contribution in [1.29, 1.82) is 0 Å². The van der Waals surface area contributed by atoms with Gasteiger partial charge in [0.2, 0.25) is 0 Å². The van der Waals surface area contributed by atoms with Crippen molar-refractivity contribution in [3.8, 4) is 11.1 Å². The van der Waals surface area contributed by atoms with Crippen LogP contribution in [0.4, 0.5) is 5.00 Å². The normalized spacial score (nSPS) is 10.5. The predicted octanol–water partition coefficient (Wildman–Crippen LogP) is 5.12. The molecule has 0 saturated heterocycles. The number of methoxy groups -OCH3 is 1. The number of ether oxygens (including phenoxy) is 1. The summed E-state index contributed by atoms with van der Waals surface area (Å²) < 4.78 is 11.0. The minimum absolute atomic E-state index is 0.173. The van der Waals surface area contributed by atoms with Crippen molar-refractivity contribution in [2.75, 3.05) is 12.4 Å². The van der Waals surface area contributed by atoms with E-state index >= 15 is 0 Å². The smallest absolute Gasteiger partial charge is 0.341 e. The summed E-state index contributed by atoms with van der Waals surface area (Å²) >= 11 is 4.72. The first kappa shape index (κ1) is 17.4. The van der Waals surface area contributed by atoms with Gasteiger partial charge >= 0.3 is 5.97 Å². The lowest BCUT2D eigenvalue weighted by Gasteiger charge is -2.07. The lowest BCUT2D eigenvalue weighted by Crippen LogP contribution is -2.13. The van der Waals surface area contributed by atoms with Crippen LogP contribution in [0, 0.1) is 6.92 Å². The number of anilines is 1. The highest BCUT2D eigenvalue weighted by Crippen LogP contribution is 2.40. The monoisotopic (exact) mass is 419 g/mol. The van der Waals surface area contributed by atoms with Crippen LogP contribution in [0.5, 0.6) is 0 Å². The Labute approximate surface area is 156 Å². The number of furan rings is 1. The van der Waals surface area contributed by atoms with E-state index in [1.165, 1.54) is 24.7 Å². The average molecular weight is 420 g/mol. The number of rotatable bonds is 4. The zero-order valence-electron chi connectivity index (χ0n) is 13.5. The summed E-state index contributed by atoms with van der Waals surface area (Å²) in [5, 5.41) is 3.18. The minimum atomic E-state index is -0.503. The molecular formula is C18H14BrNO4S. The Balaban J connectivity index is 2.07. The Morgan fingerprint density at radius 1 is 1.20 bits per heavy atom. The van der Waals surface area contributed by atoms with E-state index in [1.54, 1.807) is 12.1 Å². The molecule has 0 radical (unpaired) electrons. The van der Waals surface area contributed by atoms with Gasteiger partial charge in [0.15, 0.2) is 5.76 Å². The Morgan fingerprint density at radius 3 is 2.52 bits per heavy atom. The van der Waals surface area contributed by atoms with Crippen molar-refractivity contribution in [2.45, 2.75) is 6.92 Å². The van der Waals surface area contributed by atoms with Gasteiger partial charge in [-0.15, -0.1) is 11.3 Å². The number of halogens is 1. The van der Waals surface area contributed by atoms with Crippen molar-refractivity contribution in [3.05, 3.63) is 63.3 Å². The van der Waals surface area contributed by atoms with Crippen molar-refractivity contribution in [3.63, 3.8) is 0 Å². The van der Waals surface area contributed by atoms with E-state index in [2.05, 4.69) is 21.2 Å². The molecule has 0 saturated carbocycles. The molecule has 0 fully saturated rings. The quantitative estimate of drug-likeness (QED) is 0.595. The van der Waals surface area contributed by atoms with Crippen LogP contribution in [0.3, 0.4) is 0 Å². The van der Waals surface area contributed by atoms with Gasteiger partial charge in [-0.3, -0.25) is 4.79 Å². The van der Waals surface area contributed by atoms with Gasteiger partial charge in [-0.2, -0.15) is 0 Å². The summed E-state index contributed by atoms with van der Waals surface area (Å²) in [7, 11) is 1.32. The molecule has 0 aliphatic heterocycles. The van der Waals surface area contributed by atoms with Crippen LogP contribution in [-0.4, -0.2) is 19.0 Å². The number of thiophene rings is 1. The largest absolute Gasteiger partial charge is 0.465 e. The van der Waals surface area contributed by atoms with Gasteiger partial charge in [0.1, 0.15) is 10.6 Å². The van der Waals surface area contributed by atoms with Crippen LogP contribution in [0.2, 0.25) is 0 Å². The topological polar surface area (TPSA) is 68.5 Å². The number of hydrogen-bond donors (Lipinski definition) is 1. The highest BCUT2D eigenvalue weighted by atomic mass is 79.9. The first-order valence-corrected chi connectivity index (χ1v) is 8.94. The summed E-state index contributed by atoms with van der Waals surface area (Å²) in [6, 6.07) is 10.8. The second-order valence-corrected chi connectivity index (χ2v) is 7.31. The summed E-state index contributed by atoms with van der Waals surface area (Å²) in [6.07, 6.45) is 1.42. The van der Waals surface area contributed by atoms with Crippen LogP contribution in [0.15, 0.2) is 51.6 Å². The van der Waals surface area contributed by atoms with Crippen molar-refractivity contribution in [1.82, 2.24) is 0 Å². The Morgan fingerprint density at radius 2 is 1.92 bits per heavy atom. The SMILES string of the molecule is COC(=O)c1c(NC(=O)c2ccco2)sc(C)c1-c1ccc(Br)cc1. The third kappa shape index (κ3) is 3.52. The molecule has 0 aliphatic rings. The molecular weight excluding hydrogens is 406 g/mol. The molecule has 1 aromatic carbocycles. The number of aryl methyl sites for hydroxylation is 1. The highest BCUT2D eigenvalue weighted by Gasteiger charge is 2.25. The van der Waals surface area contributed by atoms with E-state index in [9.17, 15) is 9.59 Å². The zero-order chi connectivity index (χ0) is 18.0. The van der Waals surface area contributed by atoms with Crippen molar-refractivity contribution in [2.24, 2.45) is 0 Å². The molecule has 1 N–H and O–H groups in total. The molecule has 25 heavy (non-hydrogen) atoms. The molecule has 0 aliphatic carbocycles. The highest BCUT2D eigenvalue weighted by molar-refractivity contribution is 9.10. The zero-order valence-corrected chi connectivity index (χ0v) is 15.9. The maximum atomic E-state index is 12.4. The number of carbonyl (C=O) groups excluding carboxylic acids is 2. The standard InChI is InChI=1S/C18H14BrNO4S/c1-10-14(11-5-7-12(19)8-6-11)15(18(22)23-2)17(25-10)20-16(21)13-4-3-9-24-13/h3-9H,1-2H3,(H,20,21). The minimum Gasteiger partial charge on any atom is -0.465 e. The Bertz CT molecular complexity index is 913. The van der Waals surface area contributed by atoms with Crippen LogP contribution >= 0.6 is 27.3 Å². The lowest BCUT2D eigenvalue weighted by atomic mass is 10.0. The van der Waals surface area contributed by atoms with Crippen LogP contribution < -0.4 is 5.32 Å². The Hall–Kier alpha value is -2.38. The number of esters is 1. The van der Waals surface area contributed by atoms with Crippen LogP contribution in [0.1, 0.15) is 25.8 Å². The molecule has 1 amide bonds. The maximum absolute atomic E-state index is 12.4. The molecule has 0 unspecified atom stereocenters. The predicted molar refractivity (Wildman–Crippen MR) is 100 cm³/mol. The molecule has 3 aromatic rings. The van der Waals surface area contributed by atoms with Crippen molar-refractivity contribution >= 4 is 44.1 Å². The summed E-state index contributed by atoms with van der Waals surface area (Å²) in [5.41, 5.74) is 1.96. The summed E-state index contributed by atoms with van der Waals surface area (Å²) in [5.74, 6) is -0.747. The van der Waals surface area contributed by atoms with E-state index in [1.807, 2.05) is 31.2 Å². The molecule has 0 spiro atoms. The first-order valence-electron chi connectivity index (χ1n) is 7.33. The molecule has 128 valence electrons. The summed E-state index contributed by atoms with van der Waals surface area (Å²) in [6.45, 7) is 1.90. The Kier molecular flexibility index (Phi) is 5.06. The van der Waals surface area contributed by atoms with Crippen LogP contribution in [-0.2, 0) is 4.74 Å². The maximum Gasteiger partial charge on any atom is 0.341 e. The fourth-order valence-electron chi connectivity index (χ4n) is 2.47. The molecule has 3 rings (SSSR count). The van der Waals surface area contributed by atoms with Gasteiger partial charge in [0.05, 0.1) is 13.4 Å². The second-order valence-electron chi connectivity index (χ2n) is 5.17. The van der Waals surface area contributed by atoms with Gasteiger partial charge in [0.25, 0.3) is 5.91 Å². The third-order valence-corrected chi connectivity index (χ3v) is 5.13. The second kappa shape index (κ2) is 7.25. The number of amides is 1. The third-order valence-electron chi connectivity index (χ3n) is 3.58. The molecule has 0 atom stereocenters. The number of nitrogens with one attached hydrogen (secondary N) is 1.